The molecule has 0 saturated heterocycles. The molecule has 2 aromatic rings. The normalized spacial score (nSPS) is 9.82. The van der Waals surface area contributed by atoms with Crippen molar-refractivity contribution < 1.29 is 4.79 Å². The van der Waals surface area contributed by atoms with Gasteiger partial charge in [0.15, 0.2) is 0 Å². The van der Waals surface area contributed by atoms with E-state index >= 15 is 0 Å². The molecule has 0 aliphatic heterocycles. The van der Waals surface area contributed by atoms with Gasteiger partial charge in [-0.3, -0.25) is 9.78 Å². The predicted molar refractivity (Wildman–Crippen MR) is 67.3 cm³/mol. The molecule has 84 valence electrons. The van der Waals surface area contributed by atoms with E-state index in [2.05, 4.69) is 16.2 Å². The molecule has 0 saturated carbocycles. The Morgan fingerprint density at radius 1 is 1.35 bits per heavy atom. The van der Waals surface area contributed by atoms with Crippen LogP contribution in [0, 0.1) is 12.3 Å². The SMILES string of the molecule is C#CCNC(=O)Cc1cccc2cccnc12. The first-order valence-corrected chi connectivity index (χ1v) is 5.34. The Morgan fingerprint density at radius 3 is 3.00 bits per heavy atom. The zero-order chi connectivity index (χ0) is 12.1. The Kier molecular flexibility index (Phi) is 3.37. The van der Waals surface area contributed by atoms with E-state index in [0.29, 0.717) is 6.42 Å². The number of fused-ring (bicyclic) bond motifs is 1. The second kappa shape index (κ2) is 5.13. The average Bonchev–Trinajstić information content (AvgIpc) is 2.37. The third kappa shape index (κ3) is 2.61. The van der Waals surface area contributed by atoms with Crippen molar-refractivity contribution in [1.29, 1.82) is 0 Å². The van der Waals surface area contributed by atoms with Gasteiger partial charge in [0.2, 0.25) is 5.91 Å². The highest BCUT2D eigenvalue weighted by molar-refractivity contribution is 5.87. The number of carbonyl (C=O) groups is 1. The summed E-state index contributed by atoms with van der Waals surface area (Å²) in [7, 11) is 0. The van der Waals surface area contributed by atoms with Crippen molar-refractivity contribution in [3.05, 3.63) is 42.1 Å². The minimum absolute atomic E-state index is 0.0823. The number of nitrogens with one attached hydrogen (secondary N) is 1. The molecule has 1 aromatic carbocycles. The Balaban J connectivity index is 2.24. The van der Waals surface area contributed by atoms with Crippen molar-refractivity contribution in [1.82, 2.24) is 10.3 Å². The third-order valence-corrected chi connectivity index (χ3v) is 2.45. The van der Waals surface area contributed by atoms with Gasteiger partial charge in [0.25, 0.3) is 0 Å². The largest absolute Gasteiger partial charge is 0.345 e. The Hall–Kier alpha value is -2.34. The first-order valence-electron chi connectivity index (χ1n) is 5.34. The number of hydrogen-bond acceptors (Lipinski definition) is 2. The van der Waals surface area contributed by atoms with Crippen LogP contribution < -0.4 is 5.32 Å². The lowest BCUT2D eigenvalue weighted by Gasteiger charge is -2.05. The molecule has 1 heterocycles. The molecule has 0 spiro atoms. The highest BCUT2D eigenvalue weighted by Gasteiger charge is 2.06. The van der Waals surface area contributed by atoms with Gasteiger partial charge in [-0.15, -0.1) is 6.42 Å². The van der Waals surface area contributed by atoms with Crippen LogP contribution in [0.15, 0.2) is 36.5 Å². The van der Waals surface area contributed by atoms with Crippen LogP contribution in [0.3, 0.4) is 0 Å². The maximum atomic E-state index is 11.6. The number of rotatable bonds is 3. The van der Waals surface area contributed by atoms with Crippen molar-refractivity contribution in [2.24, 2.45) is 0 Å². The van der Waals surface area contributed by atoms with Gasteiger partial charge >= 0.3 is 0 Å². The summed E-state index contributed by atoms with van der Waals surface area (Å²) in [5.74, 6) is 2.29. The molecule has 3 heteroatoms. The maximum Gasteiger partial charge on any atom is 0.225 e. The average molecular weight is 224 g/mol. The molecule has 0 unspecified atom stereocenters. The van der Waals surface area contributed by atoms with Gasteiger partial charge in [0.05, 0.1) is 18.5 Å². The third-order valence-electron chi connectivity index (χ3n) is 2.45. The van der Waals surface area contributed by atoms with Gasteiger partial charge in [0, 0.05) is 11.6 Å². The van der Waals surface area contributed by atoms with Crippen LogP contribution in [0.25, 0.3) is 10.9 Å². The highest BCUT2D eigenvalue weighted by Crippen LogP contribution is 2.16. The van der Waals surface area contributed by atoms with E-state index in [1.165, 1.54) is 0 Å². The lowest BCUT2D eigenvalue weighted by atomic mass is 10.1. The number of amides is 1. The number of hydrogen-bond donors (Lipinski definition) is 1. The molecule has 0 bridgehead atoms. The zero-order valence-electron chi connectivity index (χ0n) is 9.31. The second-order valence-corrected chi connectivity index (χ2v) is 3.65. The van der Waals surface area contributed by atoms with Gasteiger partial charge in [-0.1, -0.05) is 30.2 Å². The minimum Gasteiger partial charge on any atom is -0.345 e. The second-order valence-electron chi connectivity index (χ2n) is 3.65. The van der Waals surface area contributed by atoms with E-state index in [4.69, 9.17) is 6.42 Å². The molecule has 0 atom stereocenters. The minimum atomic E-state index is -0.0823. The molecule has 2 rings (SSSR count). The molecule has 17 heavy (non-hydrogen) atoms. The summed E-state index contributed by atoms with van der Waals surface area (Å²) in [6.07, 6.45) is 7.11. The summed E-state index contributed by atoms with van der Waals surface area (Å²) in [5.41, 5.74) is 1.78. The first kappa shape index (κ1) is 11.2. The molecule has 3 nitrogen and oxygen atoms in total. The van der Waals surface area contributed by atoms with Crippen molar-refractivity contribution in [2.45, 2.75) is 6.42 Å². The number of benzene rings is 1. The monoisotopic (exact) mass is 224 g/mol. The Bertz CT molecular complexity index is 579. The van der Waals surface area contributed by atoms with Gasteiger partial charge in [0.1, 0.15) is 0 Å². The molecule has 1 amide bonds. The van der Waals surface area contributed by atoms with Crippen LogP contribution in [0.1, 0.15) is 5.56 Å². The summed E-state index contributed by atoms with van der Waals surface area (Å²) in [5, 5.41) is 3.68. The van der Waals surface area contributed by atoms with E-state index in [1.807, 2.05) is 30.3 Å². The maximum absolute atomic E-state index is 11.6. The number of para-hydroxylation sites is 1. The standard InChI is InChI=1S/C14H12N2O/c1-2-8-15-13(17)10-12-6-3-5-11-7-4-9-16-14(11)12/h1,3-7,9H,8,10H2,(H,15,17). The molecule has 0 radical (unpaired) electrons. The number of nitrogens with zero attached hydrogens (tertiary/aromatic N) is 1. The van der Waals surface area contributed by atoms with E-state index in [-0.39, 0.29) is 12.5 Å². The Morgan fingerprint density at radius 2 is 2.18 bits per heavy atom. The van der Waals surface area contributed by atoms with Crippen LogP contribution >= 0.6 is 0 Å². The molecule has 0 aliphatic rings. The molecule has 0 fully saturated rings. The smallest absolute Gasteiger partial charge is 0.225 e. The van der Waals surface area contributed by atoms with Crippen molar-refractivity contribution in [3.8, 4) is 12.3 Å². The summed E-state index contributed by atoms with van der Waals surface area (Å²) >= 11 is 0. The lowest BCUT2D eigenvalue weighted by molar-refractivity contribution is -0.120. The quantitative estimate of drug-likeness (QED) is 0.803. The van der Waals surface area contributed by atoms with Crippen LogP contribution in [0.4, 0.5) is 0 Å². The number of terminal acetylenes is 1. The summed E-state index contributed by atoms with van der Waals surface area (Å²) < 4.78 is 0. The van der Waals surface area contributed by atoms with Gasteiger partial charge in [-0.2, -0.15) is 0 Å². The molecule has 1 aromatic heterocycles. The van der Waals surface area contributed by atoms with Crippen molar-refractivity contribution in [2.75, 3.05) is 6.54 Å². The number of aromatic nitrogens is 1. The fraction of sp³-hybridized carbons (Fsp3) is 0.143. The summed E-state index contributed by atoms with van der Waals surface area (Å²) in [6, 6.07) is 9.67. The first-order chi connectivity index (χ1) is 8.31. The molecular weight excluding hydrogens is 212 g/mol. The topological polar surface area (TPSA) is 42.0 Å². The van der Waals surface area contributed by atoms with Gasteiger partial charge in [-0.25, -0.2) is 0 Å². The molecule has 1 N–H and O–H groups in total. The fourth-order valence-electron chi connectivity index (χ4n) is 1.70. The van der Waals surface area contributed by atoms with E-state index < -0.39 is 0 Å². The number of carbonyl (C=O) groups excluding carboxylic acids is 1. The van der Waals surface area contributed by atoms with Gasteiger partial charge < -0.3 is 5.32 Å². The fourth-order valence-corrected chi connectivity index (χ4v) is 1.70. The van der Waals surface area contributed by atoms with Crippen molar-refractivity contribution >= 4 is 16.8 Å². The lowest BCUT2D eigenvalue weighted by Crippen LogP contribution is -2.25. The summed E-state index contributed by atoms with van der Waals surface area (Å²) in [4.78, 5) is 15.9. The molecule has 0 aliphatic carbocycles. The van der Waals surface area contributed by atoms with Crippen LogP contribution in [0.5, 0.6) is 0 Å². The van der Waals surface area contributed by atoms with Crippen LogP contribution in [0.2, 0.25) is 0 Å². The Labute approximate surface area is 99.9 Å². The van der Waals surface area contributed by atoms with Crippen LogP contribution in [-0.4, -0.2) is 17.4 Å². The van der Waals surface area contributed by atoms with Crippen LogP contribution in [-0.2, 0) is 11.2 Å². The van der Waals surface area contributed by atoms with E-state index in [1.54, 1.807) is 6.20 Å². The summed E-state index contributed by atoms with van der Waals surface area (Å²) in [6.45, 7) is 0.261. The number of pyridine rings is 1. The van der Waals surface area contributed by atoms with E-state index in [0.717, 1.165) is 16.5 Å². The highest BCUT2D eigenvalue weighted by atomic mass is 16.1. The predicted octanol–water partition coefficient (Wildman–Crippen LogP) is 1.53. The zero-order valence-corrected chi connectivity index (χ0v) is 9.31. The van der Waals surface area contributed by atoms with Crippen molar-refractivity contribution in [3.63, 3.8) is 0 Å². The van der Waals surface area contributed by atoms with E-state index in [9.17, 15) is 4.79 Å². The molecular formula is C14H12N2O. The van der Waals surface area contributed by atoms with Gasteiger partial charge in [-0.05, 0) is 11.6 Å².